The van der Waals surface area contributed by atoms with Gasteiger partial charge in [-0.1, -0.05) is 17.7 Å². The number of rotatable bonds is 0. The molecule has 2 rings (SSSR count). The first-order valence-electron chi connectivity index (χ1n) is 4.44. The van der Waals surface area contributed by atoms with E-state index in [1.54, 1.807) is 0 Å². The molecule has 0 spiro atoms. The smallest absolute Gasteiger partial charge is 0.0894 e. The molecule has 1 aliphatic rings. The molecule has 0 unspecified atom stereocenters. The van der Waals surface area contributed by atoms with Gasteiger partial charge in [0.1, 0.15) is 0 Å². The highest BCUT2D eigenvalue weighted by Crippen LogP contribution is 2.18. The molecule has 2 nitrogen and oxygen atoms in total. The van der Waals surface area contributed by atoms with Crippen molar-refractivity contribution in [3.8, 4) is 0 Å². The summed E-state index contributed by atoms with van der Waals surface area (Å²) in [4.78, 5) is 4.22. The molecule has 1 aromatic rings. The second-order valence-electron chi connectivity index (χ2n) is 3.32. The topological polar surface area (TPSA) is 21.6 Å². The lowest BCUT2D eigenvalue weighted by atomic mass is 9.99. The summed E-state index contributed by atoms with van der Waals surface area (Å²) in [6.45, 7) is 3.46. The molecule has 13 heavy (non-hydrogen) atoms. The Labute approximate surface area is 78.3 Å². The first kappa shape index (κ1) is 8.45. The van der Waals surface area contributed by atoms with E-state index in [0.29, 0.717) is 13.2 Å². The van der Waals surface area contributed by atoms with Crippen molar-refractivity contribution >= 4 is 5.71 Å². The van der Waals surface area contributed by atoms with Crippen LogP contribution in [0.1, 0.15) is 16.7 Å². The quantitative estimate of drug-likeness (QED) is 0.590. The molecule has 1 aliphatic heterocycles. The summed E-state index contributed by atoms with van der Waals surface area (Å²) >= 11 is 0. The van der Waals surface area contributed by atoms with E-state index in [9.17, 15) is 0 Å². The summed E-state index contributed by atoms with van der Waals surface area (Å²) in [5.41, 5.74) is 4.85. The SMILES string of the molecule is CN=C1COCc2ccc(C)cc21. The molecular weight excluding hydrogens is 162 g/mol. The van der Waals surface area contributed by atoms with Crippen molar-refractivity contribution in [3.05, 3.63) is 34.9 Å². The molecule has 1 heterocycles. The van der Waals surface area contributed by atoms with Gasteiger partial charge in [0.25, 0.3) is 0 Å². The van der Waals surface area contributed by atoms with E-state index in [0.717, 1.165) is 5.71 Å². The Bertz CT molecular complexity index is 355. The van der Waals surface area contributed by atoms with Crippen molar-refractivity contribution in [2.75, 3.05) is 13.7 Å². The van der Waals surface area contributed by atoms with E-state index in [2.05, 4.69) is 30.1 Å². The van der Waals surface area contributed by atoms with Gasteiger partial charge in [0.2, 0.25) is 0 Å². The second kappa shape index (κ2) is 3.30. The summed E-state index contributed by atoms with van der Waals surface area (Å²) in [5, 5.41) is 0. The Hall–Kier alpha value is -1.15. The average Bonchev–Trinajstić information content (AvgIpc) is 2.17. The number of aliphatic imine (C=N–C) groups is 1. The van der Waals surface area contributed by atoms with Crippen LogP contribution in [0.25, 0.3) is 0 Å². The number of aryl methyl sites for hydroxylation is 1. The van der Waals surface area contributed by atoms with Gasteiger partial charge < -0.3 is 4.74 Å². The molecular formula is C11H13NO. The van der Waals surface area contributed by atoms with Gasteiger partial charge in [-0.05, 0) is 18.6 Å². The molecule has 68 valence electrons. The van der Waals surface area contributed by atoms with Crippen molar-refractivity contribution in [2.24, 2.45) is 4.99 Å². The van der Waals surface area contributed by atoms with E-state index < -0.39 is 0 Å². The highest BCUT2D eigenvalue weighted by Gasteiger charge is 2.14. The van der Waals surface area contributed by atoms with Crippen molar-refractivity contribution < 1.29 is 4.74 Å². The zero-order valence-electron chi connectivity index (χ0n) is 8.00. The van der Waals surface area contributed by atoms with E-state index in [1.165, 1.54) is 16.7 Å². The standard InChI is InChI=1S/C11H13NO/c1-8-3-4-9-6-13-7-11(12-2)10(9)5-8/h3-5H,6-7H2,1-2H3. The van der Waals surface area contributed by atoms with Gasteiger partial charge in [-0.3, -0.25) is 4.99 Å². The van der Waals surface area contributed by atoms with Gasteiger partial charge in [-0.15, -0.1) is 0 Å². The van der Waals surface area contributed by atoms with Crippen LogP contribution in [0.2, 0.25) is 0 Å². The summed E-state index contributed by atoms with van der Waals surface area (Å²) in [6.07, 6.45) is 0. The lowest BCUT2D eigenvalue weighted by Crippen LogP contribution is -2.19. The van der Waals surface area contributed by atoms with Crippen molar-refractivity contribution in [1.82, 2.24) is 0 Å². The molecule has 0 N–H and O–H groups in total. The summed E-state index contributed by atoms with van der Waals surface area (Å²) < 4.78 is 5.41. The van der Waals surface area contributed by atoms with Gasteiger partial charge in [0.15, 0.2) is 0 Å². The number of fused-ring (bicyclic) bond motifs is 1. The lowest BCUT2D eigenvalue weighted by molar-refractivity contribution is 0.152. The number of ether oxygens (including phenoxy) is 1. The summed E-state index contributed by atoms with van der Waals surface area (Å²) in [5.74, 6) is 0. The molecule has 0 amide bonds. The van der Waals surface area contributed by atoms with Crippen molar-refractivity contribution in [3.63, 3.8) is 0 Å². The summed E-state index contributed by atoms with van der Waals surface area (Å²) in [6, 6.07) is 6.41. The zero-order valence-corrected chi connectivity index (χ0v) is 8.00. The third-order valence-electron chi connectivity index (χ3n) is 2.34. The molecule has 0 saturated carbocycles. The fourth-order valence-corrected chi connectivity index (χ4v) is 1.61. The van der Waals surface area contributed by atoms with E-state index >= 15 is 0 Å². The van der Waals surface area contributed by atoms with Gasteiger partial charge >= 0.3 is 0 Å². The highest BCUT2D eigenvalue weighted by molar-refractivity contribution is 6.03. The number of benzene rings is 1. The Morgan fingerprint density at radius 2 is 2.15 bits per heavy atom. The second-order valence-corrected chi connectivity index (χ2v) is 3.32. The fourth-order valence-electron chi connectivity index (χ4n) is 1.61. The average molecular weight is 175 g/mol. The van der Waals surface area contributed by atoms with Gasteiger partial charge in [0, 0.05) is 12.6 Å². The maximum Gasteiger partial charge on any atom is 0.0894 e. The molecule has 0 aliphatic carbocycles. The van der Waals surface area contributed by atoms with Crippen LogP contribution in [-0.2, 0) is 11.3 Å². The Kier molecular flexibility index (Phi) is 2.15. The third kappa shape index (κ3) is 1.49. The van der Waals surface area contributed by atoms with Crippen LogP contribution >= 0.6 is 0 Å². The minimum Gasteiger partial charge on any atom is -0.370 e. The minimum atomic E-state index is 0.646. The highest BCUT2D eigenvalue weighted by atomic mass is 16.5. The van der Waals surface area contributed by atoms with E-state index in [1.807, 2.05) is 7.05 Å². The molecule has 0 fully saturated rings. The minimum absolute atomic E-state index is 0.646. The van der Waals surface area contributed by atoms with Crippen LogP contribution in [0.4, 0.5) is 0 Å². The molecule has 1 aromatic carbocycles. The molecule has 0 saturated heterocycles. The first-order valence-corrected chi connectivity index (χ1v) is 4.44. The maximum absolute atomic E-state index is 5.41. The summed E-state index contributed by atoms with van der Waals surface area (Å²) in [7, 11) is 1.82. The van der Waals surface area contributed by atoms with Gasteiger partial charge in [-0.2, -0.15) is 0 Å². The largest absolute Gasteiger partial charge is 0.370 e. The maximum atomic E-state index is 5.41. The Balaban J connectivity index is 2.54. The Morgan fingerprint density at radius 3 is 2.92 bits per heavy atom. The normalized spacial score (nSPS) is 18.8. The molecule has 0 radical (unpaired) electrons. The predicted molar refractivity (Wildman–Crippen MR) is 53.3 cm³/mol. The van der Waals surface area contributed by atoms with Crippen LogP contribution in [0.3, 0.4) is 0 Å². The number of nitrogens with zero attached hydrogens (tertiary/aromatic N) is 1. The van der Waals surface area contributed by atoms with Crippen LogP contribution in [0.5, 0.6) is 0 Å². The first-order chi connectivity index (χ1) is 6.31. The predicted octanol–water partition coefficient (Wildman–Crippen LogP) is 1.94. The van der Waals surface area contributed by atoms with Crippen LogP contribution in [0.15, 0.2) is 23.2 Å². The van der Waals surface area contributed by atoms with Crippen LogP contribution in [0, 0.1) is 6.92 Å². The van der Waals surface area contributed by atoms with E-state index in [4.69, 9.17) is 4.74 Å². The zero-order chi connectivity index (χ0) is 9.26. The lowest BCUT2D eigenvalue weighted by Gasteiger charge is -2.18. The molecule has 2 heteroatoms. The Morgan fingerprint density at radius 1 is 1.31 bits per heavy atom. The van der Waals surface area contributed by atoms with Crippen molar-refractivity contribution in [2.45, 2.75) is 13.5 Å². The van der Waals surface area contributed by atoms with E-state index in [-0.39, 0.29) is 0 Å². The monoisotopic (exact) mass is 175 g/mol. The fraction of sp³-hybridized carbons (Fsp3) is 0.364. The van der Waals surface area contributed by atoms with Crippen LogP contribution < -0.4 is 0 Å². The van der Waals surface area contributed by atoms with Gasteiger partial charge in [-0.25, -0.2) is 0 Å². The molecule has 0 atom stereocenters. The van der Waals surface area contributed by atoms with Crippen molar-refractivity contribution in [1.29, 1.82) is 0 Å². The molecule has 0 aromatic heterocycles. The number of hydrogen-bond donors (Lipinski definition) is 0. The number of hydrogen-bond acceptors (Lipinski definition) is 2. The third-order valence-corrected chi connectivity index (χ3v) is 2.34. The van der Waals surface area contributed by atoms with Crippen LogP contribution in [-0.4, -0.2) is 19.4 Å². The molecule has 0 bridgehead atoms. The van der Waals surface area contributed by atoms with Gasteiger partial charge in [0.05, 0.1) is 18.9 Å².